The molecule has 7 heteroatoms. The van der Waals surface area contributed by atoms with Gasteiger partial charge < -0.3 is 9.63 Å². The number of hydrogen-bond donors (Lipinski definition) is 1. The van der Waals surface area contributed by atoms with Gasteiger partial charge in [0.1, 0.15) is 0 Å². The Bertz CT molecular complexity index is 745. The van der Waals surface area contributed by atoms with Gasteiger partial charge in [-0.15, -0.1) is 0 Å². The van der Waals surface area contributed by atoms with E-state index in [4.69, 9.17) is 16.1 Å². The van der Waals surface area contributed by atoms with Crippen LogP contribution in [0.25, 0.3) is 0 Å². The summed E-state index contributed by atoms with van der Waals surface area (Å²) in [6, 6.07) is 8.34. The summed E-state index contributed by atoms with van der Waals surface area (Å²) in [6.07, 6.45) is 4.76. The van der Waals surface area contributed by atoms with E-state index >= 15 is 0 Å². The van der Waals surface area contributed by atoms with Crippen molar-refractivity contribution in [3.63, 3.8) is 0 Å². The van der Waals surface area contributed by atoms with E-state index in [9.17, 15) is 5.11 Å². The quantitative estimate of drug-likeness (QED) is 0.846. The van der Waals surface area contributed by atoms with Crippen LogP contribution in [-0.4, -0.2) is 63.4 Å². The summed E-state index contributed by atoms with van der Waals surface area (Å²) in [5, 5.41) is 14.7. The second kappa shape index (κ2) is 8.69. The fourth-order valence-corrected chi connectivity index (χ4v) is 4.39. The van der Waals surface area contributed by atoms with Gasteiger partial charge in [-0.2, -0.15) is 4.98 Å². The molecule has 0 bridgehead atoms. The molecule has 2 aliphatic heterocycles. The van der Waals surface area contributed by atoms with E-state index in [1.165, 1.54) is 0 Å². The van der Waals surface area contributed by atoms with E-state index < -0.39 is 0 Å². The van der Waals surface area contributed by atoms with Crippen molar-refractivity contribution in [2.75, 3.05) is 26.2 Å². The van der Waals surface area contributed by atoms with Crippen molar-refractivity contribution in [3.05, 3.63) is 46.6 Å². The maximum Gasteiger partial charge on any atom is 0.240 e. The second-order valence-corrected chi connectivity index (χ2v) is 8.08. The van der Waals surface area contributed by atoms with Crippen LogP contribution in [0.5, 0.6) is 0 Å². The smallest absolute Gasteiger partial charge is 0.240 e. The van der Waals surface area contributed by atoms with Crippen LogP contribution in [0.1, 0.15) is 43.0 Å². The van der Waals surface area contributed by atoms with E-state index in [0.717, 1.165) is 62.4 Å². The summed E-state index contributed by atoms with van der Waals surface area (Å²) in [5.41, 5.74) is 1.01. The van der Waals surface area contributed by atoms with Gasteiger partial charge in [0.15, 0.2) is 5.82 Å². The summed E-state index contributed by atoms with van der Waals surface area (Å²) in [5.74, 6) is 1.35. The van der Waals surface area contributed by atoms with Crippen molar-refractivity contribution < 1.29 is 9.63 Å². The minimum Gasteiger partial charge on any atom is -0.392 e. The Morgan fingerprint density at radius 2 is 1.96 bits per heavy atom. The number of rotatable bonds is 5. The lowest BCUT2D eigenvalue weighted by atomic mass is 9.99. The average molecular weight is 391 g/mol. The van der Waals surface area contributed by atoms with E-state index in [0.29, 0.717) is 30.7 Å². The van der Waals surface area contributed by atoms with Crippen molar-refractivity contribution in [2.45, 2.75) is 50.8 Å². The zero-order valence-corrected chi connectivity index (χ0v) is 16.3. The lowest BCUT2D eigenvalue weighted by Crippen LogP contribution is -2.49. The first-order valence-electron chi connectivity index (χ1n) is 9.87. The molecule has 0 radical (unpaired) electrons. The molecule has 2 aromatic rings. The third-order valence-electron chi connectivity index (χ3n) is 5.68. The highest BCUT2D eigenvalue weighted by Crippen LogP contribution is 2.22. The first kappa shape index (κ1) is 18.9. The first-order valence-corrected chi connectivity index (χ1v) is 10.2. The molecule has 1 unspecified atom stereocenters. The molecule has 2 saturated heterocycles. The average Bonchev–Trinajstić information content (AvgIpc) is 3.11. The number of likely N-dealkylation sites (tertiary alicyclic amines) is 2. The van der Waals surface area contributed by atoms with E-state index in [-0.39, 0.29) is 6.10 Å². The highest BCUT2D eigenvalue weighted by molar-refractivity contribution is 6.31. The number of aromatic nitrogens is 2. The third-order valence-corrected chi connectivity index (χ3v) is 6.05. The molecule has 1 aromatic carbocycles. The number of hydrogen-bond acceptors (Lipinski definition) is 6. The molecule has 6 nitrogen and oxygen atoms in total. The Hall–Kier alpha value is -1.47. The fourth-order valence-electron chi connectivity index (χ4n) is 4.19. The molecule has 0 saturated carbocycles. The largest absolute Gasteiger partial charge is 0.392 e. The lowest BCUT2D eigenvalue weighted by molar-refractivity contribution is 0.0231. The molecule has 2 aliphatic rings. The summed E-state index contributed by atoms with van der Waals surface area (Å²) in [7, 11) is 0. The SMILES string of the molecule is OC1CCCN(C2CCN(Cc3nc(Cc4ccccc4Cl)no3)CC2)C1. The van der Waals surface area contributed by atoms with Crippen LogP contribution >= 0.6 is 11.6 Å². The number of nitrogens with zero attached hydrogens (tertiary/aromatic N) is 4. The third kappa shape index (κ3) is 4.88. The van der Waals surface area contributed by atoms with E-state index in [1.54, 1.807) is 0 Å². The molecule has 1 atom stereocenters. The van der Waals surface area contributed by atoms with Gasteiger partial charge in [0.2, 0.25) is 5.89 Å². The van der Waals surface area contributed by atoms with Crippen LogP contribution in [0.15, 0.2) is 28.8 Å². The monoisotopic (exact) mass is 390 g/mol. The molecule has 4 rings (SSSR count). The van der Waals surface area contributed by atoms with Crippen LogP contribution in [0.3, 0.4) is 0 Å². The second-order valence-electron chi connectivity index (χ2n) is 7.67. The van der Waals surface area contributed by atoms with Crippen LogP contribution < -0.4 is 0 Å². The molecule has 1 N–H and O–H groups in total. The minimum absolute atomic E-state index is 0.147. The number of piperidine rings is 2. The number of halogens is 1. The van der Waals surface area contributed by atoms with E-state index in [2.05, 4.69) is 19.9 Å². The van der Waals surface area contributed by atoms with Gasteiger partial charge in [-0.3, -0.25) is 9.80 Å². The molecular formula is C20H27ClN4O2. The van der Waals surface area contributed by atoms with Crippen molar-refractivity contribution in [2.24, 2.45) is 0 Å². The van der Waals surface area contributed by atoms with Gasteiger partial charge in [-0.05, 0) is 43.9 Å². The lowest BCUT2D eigenvalue weighted by Gasteiger charge is -2.41. The summed E-state index contributed by atoms with van der Waals surface area (Å²) >= 11 is 6.21. The molecule has 2 fully saturated rings. The normalized spacial score (nSPS) is 23.0. The number of aliphatic hydroxyl groups is 1. The number of aliphatic hydroxyl groups excluding tert-OH is 1. The molecule has 0 spiro atoms. The maximum absolute atomic E-state index is 9.89. The number of β-amino-alcohol motifs (C(OH)–C–C–N with tert-alkyl or cyclic N) is 1. The first-order chi connectivity index (χ1) is 13.2. The molecular weight excluding hydrogens is 364 g/mol. The number of benzene rings is 1. The van der Waals surface area contributed by atoms with Crippen molar-refractivity contribution in [1.82, 2.24) is 19.9 Å². The molecule has 27 heavy (non-hydrogen) atoms. The predicted molar refractivity (Wildman–Crippen MR) is 104 cm³/mol. The Morgan fingerprint density at radius 3 is 2.74 bits per heavy atom. The van der Waals surface area contributed by atoms with Gasteiger partial charge >= 0.3 is 0 Å². The van der Waals surface area contributed by atoms with Crippen LogP contribution in [0, 0.1) is 0 Å². The molecule has 0 amide bonds. The van der Waals surface area contributed by atoms with Crippen molar-refractivity contribution in [3.8, 4) is 0 Å². The Labute approximate surface area is 165 Å². The van der Waals surface area contributed by atoms with Gasteiger partial charge in [-0.1, -0.05) is 35.0 Å². The zero-order chi connectivity index (χ0) is 18.6. The summed E-state index contributed by atoms with van der Waals surface area (Å²) in [6.45, 7) is 4.71. The summed E-state index contributed by atoms with van der Waals surface area (Å²) in [4.78, 5) is 9.39. The van der Waals surface area contributed by atoms with Crippen molar-refractivity contribution in [1.29, 1.82) is 0 Å². The maximum atomic E-state index is 9.89. The Morgan fingerprint density at radius 1 is 1.15 bits per heavy atom. The topological polar surface area (TPSA) is 65.6 Å². The van der Waals surface area contributed by atoms with Crippen LogP contribution in [0.4, 0.5) is 0 Å². The van der Waals surface area contributed by atoms with Gasteiger partial charge in [-0.25, -0.2) is 0 Å². The summed E-state index contributed by atoms with van der Waals surface area (Å²) < 4.78 is 5.45. The molecule has 3 heterocycles. The standard InChI is InChI=1S/C20H27ClN4O2/c21-18-6-2-1-4-15(18)12-19-22-20(27-23-19)14-24-10-7-16(8-11-24)25-9-3-5-17(26)13-25/h1-2,4,6,16-17,26H,3,5,7-14H2. The van der Waals surface area contributed by atoms with Crippen LogP contribution in [0.2, 0.25) is 5.02 Å². The fraction of sp³-hybridized carbons (Fsp3) is 0.600. The van der Waals surface area contributed by atoms with E-state index in [1.807, 2.05) is 24.3 Å². The predicted octanol–water partition coefficient (Wildman–Crippen LogP) is 2.73. The highest BCUT2D eigenvalue weighted by Gasteiger charge is 2.28. The van der Waals surface area contributed by atoms with Crippen LogP contribution in [-0.2, 0) is 13.0 Å². The van der Waals surface area contributed by atoms with Gasteiger partial charge in [0.25, 0.3) is 0 Å². The highest BCUT2D eigenvalue weighted by atomic mass is 35.5. The minimum atomic E-state index is -0.147. The molecule has 0 aliphatic carbocycles. The molecule has 1 aromatic heterocycles. The molecule has 146 valence electrons. The Balaban J connectivity index is 1.27. The van der Waals surface area contributed by atoms with Gasteiger partial charge in [0.05, 0.1) is 12.6 Å². The van der Waals surface area contributed by atoms with Crippen molar-refractivity contribution >= 4 is 11.6 Å². The van der Waals surface area contributed by atoms with Gasteiger partial charge in [0, 0.05) is 37.1 Å². The zero-order valence-electron chi connectivity index (χ0n) is 15.6. The Kier molecular flexibility index (Phi) is 6.08.